The largest absolute Gasteiger partial charge is 0.508 e. The van der Waals surface area contributed by atoms with Crippen molar-refractivity contribution in [3.05, 3.63) is 46.1 Å². The van der Waals surface area contributed by atoms with Gasteiger partial charge in [-0.3, -0.25) is 14.5 Å². The second-order valence-electron chi connectivity index (χ2n) is 7.17. The Balaban J connectivity index is 1.49. The minimum atomic E-state index is -1.20. The Bertz CT molecular complexity index is 1210. The van der Waals surface area contributed by atoms with Crippen LogP contribution in [0.2, 0.25) is 0 Å². The van der Waals surface area contributed by atoms with E-state index < -0.39 is 29.2 Å². The number of rotatable bonds is 8. The molecule has 34 heavy (non-hydrogen) atoms. The van der Waals surface area contributed by atoms with Crippen molar-refractivity contribution in [2.45, 2.75) is 22.7 Å². The van der Waals surface area contributed by atoms with Crippen LogP contribution in [0.25, 0.3) is 0 Å². The molecule has 2 amide bonds. The van der Waals surface area contributed by atoms with Crippen LogP contribution >= 0.6 is 34.9 Å². The number of aliphatic carboxylic acids is 1. The molecule has 2 aliphatic heterocycles. The lowest BCUT2D eigenvalue weighted by Crippen LogP contribution is -2.71. The van der Waals surface area contributed by atoms with Gasteiger partial charge in [-0.1, -0.05) is 40.4 Å². The van der Waals surface area contributed by atoms with Crippen LogP contribution in [0.1, 0.15) is 10.6 Å². The highest BCUT2D eigenvalue weighted by molar-refractivity contribution is 8.01. The van der Waals surface area contributed by atoms with Gasteiger partial charge in [-0.15, -0.1) is 22.0 Å². The molecular weight excluding hydrogens is 502 g/mol. The molecule has 0 radical (unpaired) electrons. The number of aromatic hydroxyl groups is 1. The van der Waals surface area contributed by atoms with Gasteiger partial charge in [0.2, 0.25) is 0 Å². The van der Waals surface area contributed by atoms with E-state index in [0.717, 1.165) is 9.35 Å². The lowest BCUT2D eigenvalue weighted by atomic mass is 10.0. The minimum absolute atomic E-state index is 0.0619. The summed E-state index contributed by atoms with van der Waals surface area (Å²) >= 11 is 4.15. The molecule has 1 fully saturated rings. The summed E-state index contributed by atoms with van der Waals surface area (Å²) in [5.74, 6) is -1.72. The van der Waals surface area contributed by atoms with Crippen LogP contribution in [0.3, 0.4) is 0 Å². The van der Waals surface area contributed by atoms with Crippen molar-refractivity contribution in [1.82, 2.24) is 20.4 Å². The van der Waals surface area contributed by atoms with Gasteiger partial charge < -0.3 is 20.4 Å². The maximum absolute atomic E-state index is 12.9. The highest BCUT2D eigenvalue weighted by Gasteiger charge is 2.54. The molecule has 11 nitrogen and oxygen atoms in total. The Morgan fingerprint density at radius 3 is 2.82 bits per heavy atom. The zero-order chi connectivity index (χ0) is 24.4. The summed E-state index contributed by atoms with van der Waals surface area (Å²) in [7, 11) is 1.27. The summed E-state index contributed by atoms with van der Waals surface area (Å²) in [5, 5.41) is 34.1. The standard InChI is InChI=1S/C20H19N5O6S3/c1-9-22-23-20(34-9)33-8-11-7-32-18-14(17(28)25(18)15(11)19(29)30)21-16(27)13(24-31-2)10-4-3-5-12(26)6-10/h3-6,14,18,26H,7-8H2,1-2H3,(H,21,27)(H,29,30)/b24-13+/t14?,18-/m1/s1. The van der Waals surface area contributed by atoms with Gasteiger partial charge in [0.05, 0.1) is 0 Å². The second kappa shape index (κ2) is 10.0. The number of phenolic OH excluding ortho intramolecular Hbond substituents is 1. The van der Waals surface area contributed by atoms with Crippen molar-refractivity contribution < 1.29 is 29.4 Å². The van der Waals surface area contributed by atoms with Crippen LogP contribution in [0.5, 0.6) is 5.75 Å². The summed E-state index contributed by atoms with van der Waals surface area (Å²) < 4.78 is 0.721. The number of phenols is 1. The third-order valence-electron chi connectivity index (χ3n) is 4.93. The van der Waals surface area contributed by atoms with Crippen LogP contribution in [0.15, 0.2) is 45.0 Å². The third kappa shape index (κ3) is 4.74. The van der Waals surface area contributed by atoms with E-state index >= 15 is 0 Å². The monoisotopic (exact) mass is 521 g/mol. The highest BCUT2D eigenvalue weighted by atomic mass is 32.2. The summed E-state index contributed by atoms with van der Waals surface area (Å²) in [4.78, 5) is 43.8. The number of hydrogen-bond acceptors (Lipinski definition) is 11. The van der Waals surface area contributed by atoms with Gasteiger partial charge in [0.1, 0.15) is 35.0 Å². The number of aryl methyl sites for hydroxylation is 1. The number of nitrogens with one attached hydrogen (secondary N) is 1. The molecule has 2 aromatic rings. The predicted octanol–water partition coefficient (Wildman–Crippen LogP) is 1.43. The lowest BCUT2D eigenvalue weighted by Gasteiger charge is -2.49. The first-order chi connectivity index (χ1) is 16.3. The maximum atomic E-state index is 12.9. The summed E-state index contributed by atoms with van der Waals surface area (Å²) in [6.45, 7) is 1.83. The van der Waals surface area contributed by atoms with E-state index in [1.807, 2.05) is 6.92 Å². The first kappa shape index (κ1) is 24.0. The zero-order valence-corrected chi connectivity index (χ0v) is 20.4. The number of amides is 2. The molecule has 2 aliphatic rings. The zero-order valence-electron chi connectivity index (χ0n) is 17.9. The Morgan fingerprint density at radius 1 is 1.38 bits per heavy atom. The third-order valence-corrected chi connectivity index (χ3v) is 8.33. The number of fused-ring (bicyclic) bond motifs is 1. The molecule has 4 rings (SSSR count). The quantitative estimate of drug-likeness (QED) is 0.201. The van der Waals surface area contributed by atoms with Crippen molar-refractivity contribution in [2.75, 3.05) is 18.6 Å². The fraction of sp³-hybridized carbons (Fsp3) is 0.300. The number of benzene rings is 1. The van der Waals surface area contributed by atoms with Crippen molar-refractivity contribution in [2.24, 2.45) is 5.16 Å². The van der Waals surface area contributed by atoms with Crippen LogP contribution in [0.4, 0.5) is 0 Å². The van der Waals surface area contributed by atoms with Gasteiger partial charge in [0, 0.05) is 17.1 Å². The average molecular weight is 522 g/mol. The molecule has 0 spiro atoms. The molecule has 3 N–H and O–H groups in total. The average Bonchev–Trinajstić information content (AvgIpc) is 3.23. The molecule has 1 aromatic carbocycles. The van der Waals surface area contributed by atoms with Crippen LogP contribution in [-0.2, 0) is 19.2 Å². The van der Waals surface area contributed by atoms with Crippen molar-refractivity contribution in [1.29, 1.82) is 0 Å². The van der Waals surface area contributed by atoms with Gasteiger partial charge in [-0.2, -0.15) is 0 Å². The number of carboxylic acids is 1. The number of β-lactam (4-membered cyclic amide) rings is 1. The van der Waals surface area contributed by atoms with Gasteiger partial charge in [0.25, 0.3) is 11.8 Å². The van der Waals surface area contributed by atoms with E-state index in [0.29, 0.717) is 22.6 Å². The topological polar surface area (TPSA) is 154 Å². The molecule has 0 bridgehead atoms. The summed E-state index contributed by atoms with van der Waals surface area (Å²) in [6.07, 6.45) is 0. The van der Waals surface area contributed by atoms with Crippen molar-refractivity contribution in [3.63, 3.8) is 0 Å². The van der Waals surface area contributed by atoms with Gasteiger partial charge in [-0.25, -0.2) is 4.79 Å². The first-order valence-electron chi connectivity index (χ1n) is 9.84. The minimum Gasteiger partial charge on any atom is -0.508 e. The number of oxime groups is 1. The van der Waals surface area contributed by atoms with Crippen LogP contribution in [0, 0.1) is 6.92 Å². The number of carbonyl (C=O) groups excluding carboxylic acids is 2. The summed E-state index contributed by atoms with van der Waals surface area (Å²) in [6, 6.07) is 4.97. The molecule has 3 heterocycles. The fourth-order valence-electron chi connectivity index (χ4n) is 3.46. The summed E-state index contributed by atoms with van der Waals surface area (Å²) in [5.41, 5.74) is 0.721. The fourth-order valence-corrected chi connectivity index (χ4v) is 6.76. The SMILES string of the molecule is CO/N=C(/C(=O)NC1C(=O)N2C(C(=O)O)=C(CSc3nnc(C)s3)CS[C@H]12)c1cccc(O)c1. The smallest absolute Gasteiger partial charge is 0.352 e. The highest BCUT2D eigenvalue weighted by Crippen LogP contribution is 2.41. The number of hydrogen-bond donors (Lipinski definition) is 3. The predicted molar refractivity (Wildman–Crippen MR) is 127 cm³/mol. The normalized spacial score (nSPS) is 20.0. The number of carboxylic acid groups (broad SMARTS) is 1. The first-order valence-corrected chi connectivity index (χ1v) is 12.7. The number of aromatic nitrogens is 2. The van der Waals surface area contributed by atoms with Gasteiger partial charge >= 0.3 is 5.97 Å². The number of thioether (sulfide) groups is 2. The number of carbonyl (C=O) groups is 3. The molecule has 0 saturated carbocycles. The van der Waals surface area contributed by atoms with Crippen molar-refractivity contribution >= 4 is 58.4 Å². The van der Waals surface area contributed by atoms with E-state index in [9.17, 15) is 24.6 Å². The molecule has 1 saturated heterocycles. The van der Waals surface area contributed by atoms with E-state index in [1.165, 1.54) is 59.0 Å². The van der Waals surface area contributed by atoms with E-state index in [4.69, 9.17) is 4.84 Å². The second-order valence-corrected chi connectivity index (χ2v) is 10.7. The molecule has 178 valence electrons. The lowest BCUT2D eigenvalue weighted by molar-refractivity contribution is -0.150. The molecule has 1 unspecified atom stereocenters. The molecular formula is C20H19N5O6S3. The van der Waals surface area contributed by atoms with Gasteiger partial charge in [-0.05, 0) is 24.6 Å². The van der Waals surface area contributed by atoms with Crippen molar-refractivity contribution in [3.8, 4) is 5.75 Å². The Hall–Kier alpha value is -3.10. The van der Waals surface area contributed by atoms with Crippen LogP contribution in [-0.4, -0.2) is 78.8 Å². The Kier molecular flexibility index (Phi) is 7.09. The molecule has 2 atom stereocenters. The van der Waals surface area contributed by atoms with E-state index in [2.05, 4.69) is 20.7 Å². The molecule has 0 aliphatic carbocycles. The van der Waals surface area contributed by atoms with Crippen LogP contribution < -0.4 is 5.32 Å². The maximum Gasteiger partial charge on any atom is 0.352 e. The number of nitrogens with zero attached hydrogens (tertiary/aromatic N) is 4. The van der Waals surface area contributed by atoms with E-state index in [1.54, 1.807) is 12.1 Å². The van der Waals surface area contributed by atoms with Gasteiger partial charge in [0.15, 0.2) is 10.1 Å². The molecule has 1 aromatic heterocycles. The Labute approximate surface area is 206 Å². The molecule has 14 heteroatoms. The van der Waals surface area contributed by atoms with E-state index in [-0.39, 0.29) is 17.2 Å². The Morgan fingerprint density at radius 2 is 2.18 bits per heavy atom.